The lowest BCUT2D eigenvalue weighted by Gasteiger charge is -2.22. The standard InChI is InChI=1S/C11H15N3OS/c1-13-8-2-4-14(9(8)6-11(13)15)7-10-12-3-5-16-10/h3,5,8-9H,2,4,6-7H2,1H3/t8-,9+/m0/s1. The fourth-order valence-electron chi connectivity index (χ4n) is 2.83. The van der Waals surface area contributed by atoms with Crippen LogP contribution in [0.2, 0.25) is 0 Å². The van der Waals surface area contributed by atoms with Crippen LogP contribution >= 0.6 is 11.3 Å². The number of amides is 1. The second-order valence-corrected chi connectivity index (χ2v) is 5.51. The first-order valence-electron chi connectivity index (χ1n) is 5.64. The predicted molar refractivity (Wildman–Crippen MR) is 62.1 cm³/mol. The summed E-state index contributed by atoms with van der Waals surface area (Å²) in [6.45, 7) is 1.99. The van der Waals surface area contributed by atoms with E-state index in [9.17, 15) is 4.79 Å². The van der Waals surface area contributed by atoms with Crippen molar-refractivity contribution in [1.82, 2.24) is 14.8 Å². The van der Waals surface area contributed by atoms with Crippen LogP contribution in [0.3, 0.4) is 0 Å². The van der Waals surface area contributed by atoms with Crippen molar-refractivity contribution in [2.45, 2.75) is 31.5 Å². The Morgan fingerprint density at radius 1 is 1.56 bits per heavy atom. The van der Waals surface area contributed by atoms with Crippen LogP contribution in [-0.4, -0.2) is 46.4 Å². The van der Waals surface area contributed by atoms with Crippen molar-refractivity contribution in [3.63, 3.8) is 0 Å². The molecule has 0 spiro atoms. The highest BCUT2D eigenvalue weighted by atomic mass is 32.1. The van der Waals surface area contributed by atoms with Crippen LogP contribution in [0.5, 0.6) is 0 Å². The molecule has 2 saturated heterocycles. The maximum absolute atomic E-state index is 11.6. The molecule has 2 aliphatic heterocycles. The molecule has 0 radical (unpaired) electrons. The van der Waals surface area contributed by atoms with Crippen molar-refractivity contribution >= 4 is 17.2 Å². The molecule has 3 rings (SSSR count). The molecule has 0 aromatic carbocycles. The van der Waals surface area contributed by atoms with Crippen molar-refractivity contribution in [1.29, 1.82) is 0 Å². The first-order valence-corrected chi connectivity index (χ1v) is 6.52. The van der Waals surface area contributed by atoms with E-state index in [4.69, 9.17) is 0 Å². The van der Waals surface area contributed by atoms with Gasteiger partial charge < -0.3 is 4.90 Å². The molecule has 0 aliphatic carbocycles. The zero-order chi connectivity index (χ0) is 11.1. The van der Waals surface area contributed by atoms with Gasteiger partial charge in [0.1, 0.15) is 5.01 Å². The maximum atomic E-state index is 11.6. The van der Waals surface area contributed by atoms with E-state index < -0.39 is 0 Å². The lowest BCUT2D eigenvalue weighted by atomic mass is 10.1. The second-order valence-electron chi connectivity index (χ2n) is 4.53. The Hall–Kier alpha value is -0.940. The van der Waals surface area contributed by atoms with Gasteiger partial charge in [-0.25, -0.2) is 4.98 Å². The highest BCUT2D eigenvalue weighted by molar-refractivity contribution is 7.09. The number of carbonyl (C=O) groups excluding carboxylic acids is 1. The monoisotopic (exact) mass is 237 g/mol. The molecular formula is C11H15N3OS. The topological polar surface area (TPSA) is 36.4 Å². The quantitative estimate of drug-likeness (QED) is 0.768. The van der Waals surface area contributed by atoms with Crippen LogP contribution in [0.15, 0.2) is 11.6 Å². The van der Waals surface area contributed by atoms with Crippen molar-refractivity contribution in [2.75, 3.05) is 13.6 Å². The molecular weight excluding hydrogens is 222 g/mol. The fourth-order valence-corrected chi connectivity index (χ4v) is 3.47. The van der Waals surface area contributed by atoms with E-state index in [1.165, 1.54) is 0 Å². The first kappa shape index (κ1) is 10.2. The van der Waals surface area contributed by atoms with E-state index in [0.29, 0.717) is 24.4 Å². The first-order chi connectivity index (χ1) is 7.75. The summed E-state index contributed by atoms with van der Waals surface area (Å²) in [4.78, 5) is 20.3. The van der Waals surface area contributed by atoms with Crippen LogP contribution < -0.4 is 0 Å². The largest absolute Gasteiger partial charge is 0.341 e. The summed E-state index contributed by atoms with van der Waals surface area (Å²) in [6, 6.07) is 0.855. The van der Waals surface area contributed by atoms with Crippen LogP contribution in [-0.2, 0) is 11.3 Å². The van der Waals surface area contributed by atoms with Gasteiger partial charge in [0.2, 0.25) is 5.91 Å². The molecule has 16 heavy (non-hydrogen) atoms. The molecule has 1 amide bonds. The summed E-state index contributed by atoms with van der Waals surface area (Å²) >= 11 is 1.69. The number of carbonyl (C=O) groups is 1. The van der Waals surface area contributed by atoms with Crippen molar-refractivity contribution in [3.8, 4) is 0 Å². The predicted octanol–water partition coefficient (Wildman–Crippen LogP) is 0.948. The average molecular weight is 237 g/mol. The maximum Gasteiger partial charge on any atom is 0.224 e. The number of hydrogen-bond donors (Lipinski definition) is 0. The Morgan fingerprint density at radius 2 is 2.44 bits per heavy atom. The smallest absolute Gasteiger partial charge is 0.224 e. The Bertz CT molecular complexity index is 392. The third-order valence-corrected chi connectivity index (χ3v) is 4.49. The van der Waals surface area contributed by atoms with Gasteiger partial charge in [-0.3, -0.25) is 9.69 Å². The highest BCUT2D eigenvalue weighted by Crippen LogP contribution is 2.32. The number of hydrogen-bond acceptors (Lipinski definition) is 4. The average Bonchev–Trinajstić information content (AvgIpc) is 2.93. The Labute approximate surface area is 98.9 Å². The van der Waals surface area contributed by atoms with E-state index in [0.717, 1.165) is 24.5 Å². The zero-order valence-corrected chi connectivity index (χ0v) is 10.1. The molecule has 3 heterocycles. The molecule has 0 N–H and O–H groups in total. The number of likely N-dealkylation sites (N-methyl/N-ethyl adjacent to an activating group) is 1. The summed E-state index contributed by atoms with van der Waals surface area (Å²) in [6.07, 6.45) is 3.64. The van der Waals surface area contributed by atoms with Gasteiger partial charge in [-0.2, -0.15) is 0 Å². The van der Waals surface area contributed by atoms with E-state index in [2.05, 4.69) is 9.88 Å². The van der Waals surface area contributed by atoms with Gasteiger partial charge in [-0.1, -0.05) is 0 Å². The SMILES string of the molecule is CN1C(=O)C[C@@H]2[C@@H]1CCN2Cc1nccs1. The third-order valence-electron chi connectivity index (χ3n) is 3.72. The summed E-state index contributed by atoms with van der Waals surface area (Å²) in [5.41, 5.74) is 0. The highest BCUT2D eigenvalue weighted by Gasteiger charge is 2.44. The van der Waals surface area contributed by atoms with Gasteiger partial charge >= 0.3 is 0 Å². The summed E-state index contributed by atoms with van der Waals surface area (Å²) in [5, 5.41) is 3.16. The molecule has 86 valence electrons. The number of fused-ring (bicyclic) bond motifs is 1. The second kappa shape index (κ2) is 3.82. The number of thiazole rings is 1. The molecule has 2 atom stereocenters. The number of nitrogens with zero attached hydrogens (tertiary/aromatic N) is 3. The van der Waals surface area contributed by atoms with E-state index in [1.807, 2.05) is 23.5 Å². The van der Waals surface area contributed by atoms with Crippen LogP contribution in [0, 0.1) is 0 Å². The van der Waals surface area contributed by atoms with Crippen LogP contribution in [0.4, 0.5) is 0 Å². The zero-order valence-electron chi connectivity index (χ0n) is 9.30. The Morgan fingerprint density at radius 3 is 3.19 bits per heavy atom. The normalized spacial score (nSPS) is 30.1. The van der Waals surface area contributed by atoms with E-state index in [-0.39, 0.29) is 0 Å². The molecule has 1 aromatic rings. The van der Waals surface area contributed by atoms with E-state index >= 15 is 0 Å². The minimum atomic E-state index is 0.291. The van der Waals surface area contributed by atoms with Gasteiger partial charge in [0.25, 0.3) is 0 Å². The minimum absolute atomic E-state index is 0.291. The Kier molecular flexibility index (Phi) is 2.44. The number of aromatic nitrogens is 1. The fraction of sp³-hybridized carbons (Fsp3) is 0.636. The summed E-state index contributed by atoms with van der Waals surface area (Å²) < 4.78 is 0. The molecule has 0 saturated carbocycles. The third kappa shape index (κ3) is 1.55. The molecule has 0 unspecified atom stereocenters. The lowest BCUT2D eigenvalue weighted by molar-refractivity contribution is -0.127. The summed E-state index contributed by atoms with van der Waals surface area (Å²) in [7, 11) is 1.93. The van der Waals surface area contributed by atoms with Gasteiger partial charge in [-0.05, 0) is 6.42 Å². The molecule has 5 heteroatoms. The van der Waals surface area contributed by atoms with Crippen LogP contribution in [0.1, 0.15) is 17.8 Å². The Balaban J connectivity index is 1.72. The molecule has 2 fully saturated rings. The molecule has 2 aliphatic rings. The van der Waals surface area contributed by atoms with Crippen molar-refractivity contribution in [3.05, 3.63) is 16.6 Å². The number of rotatable bonds is 2. The van der Waals surface area contributed by atoms with Crippen molar-refractivity contribution in [2.24, 2.45) is 0 Å². The van der Waals surface area contributed by atoms with Crippen LogP contribution in [0.25, 0.3) is 0 Å². The lowest BCUT2D eigenvalue weighted by Crippen LogP contribution is -2.34. The van der Waals surface area contributed by atoms with Gasteiger partial charge in [0, 0.05) is 43.7 Å². The molecule has 1 aromatic heterocycles. The molecule has 4 nitrogen and oxygen atoms in total. The van der Waals surface area contributed by atoms with Gasteiger partial charge in [0.15, 0.2) is 0 Å². The van der Waals surface area contributed by atoms with E-state index in [1.54, 1.807) is 11.3 Å². The van der Waals surface area contributed by atoms with Gasteiger partial charge in [-0.15, -0.1) is 11.3 Å². The number of likely N-dealkylation sites (tertiary alicyclic amines) is 2. The minimum Gasteiger partial charge on any atom is -0.341 e. The van der Waals surface area contributed by atoms with Gasteiger partial charge in [0.05, 0.1) is 6.54 Å². The van der Waals surface area contributed by atoms with Crippen molar-refractivity contribution < 1.29 is 4.79 Å². The molecule has 0 bridgehead atoms. The summed E-state index contributed by atoms with van der Waals surface area (Å²) in [5.74, 6) is 0.291.